The molecule has 4 rings (SSSR count). The van der Waals surface area contributed by atoms with Gasteiger partial charge in [0.15, 0.2) is 6.61 Å². The van der Waals surface area contributed by atoms with E-state index in [1.807, 2.05) is 12.1 Å². The number of ether oxygens (including phenoxy) is 2. The van der Waals surface area contributed by atoms with Crippen LogP contribution < -0.4 is 4.74 Å². The second-order valence-electron chi connectivity index (χ2n) is 9.17. The summed E-state index contributed by atoms with van der Waals surface area (Å²) >= 11 is 0. The lowest BCUT2D eigenvalue weighted by atomic mass is 10.2. The molecule has 0 radical (unpaired) electrons. The topological polar surface area (TPSA) is 108 Å². The van der Waals surface area contributed by atoms with E-state index in [-0.39, 0.29) is 11.5 Å². The maximum absolute atomic E-state index is 13.7. The highest BCUT2D eigenvalue weighted by Gasteiger charge is 2.44. The Morgan fingerprint density at radius 3 is 1.82 bits per heavy atom. The van der Waals surface area contributed by atoms with Crippen LogP contribution in [0, 0.1) is 0 Å². The molecule has 198 valence electrons. The molecule has 0 bridgehead atoms. The number of carbonyl (C=O) groups excluding carboxylic acids is 1. The number of aromatic nitrogens is 2. The van der Waals surface area contributed by atoms with Crippen LogP contribution in [0.25, 0.3) is 0 Å². The van der Waals surface area contributed by atoms with Gasteiger partial charge in [-0.25, -0.2) is 4.79 Å². The standard InChI is InChI=1S/C28H28N2O6S2/c1-28(2,3)35-27(31)21-34-22-13-15-23(16-14-22)37(25-11-7-17-29-19-25,26-12-8-18-30-20-26)36-38(32,33)24-9-5-4-6-10-24/h4-20H,21H2,1-3H3/p+1. The highest BCUT2D eigenvalue weighted by molar-refractivity contribution is 8.32. The van der Waals surface area contributed by atoms with Crippen molar-refractivity contribution in [3.63, 3.8) is 0 Å². The minimum absolute atomic E-state index is 0.0852. The van der Waals surface area contributed by atoms with E-state index >= 15 is 0 Å². The Bertz CT molecular complexity index is 1420. The van der Waals surface area contributed by atoms with Crippen LogP contribution in [-0.2, 0) is 19.6 Å². The molecule has 2 aromatic carbocycles. The van der Waals surface area contributed by atoms with Gasteiger partial charge in [-0.05, 0) is 81.4 Å². The third-order valence-electron chi connectivity index (χ3n) is 5.14. The smallest absolute Gasteiger partial charge is 0.422 e. The number of pyridine rings is 2. The molecule has 2 heterocycles. The van der Waals surface area contributed by atoms with Gasteiger partial charge in [0.05, 0.1) is 25.0 Å². The largest absolute Gasteiger partial charge is 0.482 e. The van der Waals surface area contributed by atoms with E-state index in [1.54, 1.807) is 100 Å². The average molecular weight is 554 g/mol. The van der Waals surface area contributed by atoms with Gasteiger partial charge < -0.3 is 9.47 Å². The molecular formula is C28H29N2O6S2+. The first kappa shape index (κ1) is 27.3. The summed E-state index contributed by atoms with van der Waals surface area (Å²) in [7, 11) is -6.84. The van der Waals surface area contributed by atoms with Crippen molar-refractivity contribution in [3.8, 4) is 5.75 Å². The summed E-state index contributed by atoms with van der Waals surface area (Å²) in [5, 5.41) is 0. The van der Waals surface area contributed by atoms with Crippen LogP contribution in [0.4, 0.5) is 0 Å². The van der Waals surface area contributed by atoms with Crippen LogP contribution in [0.15, 0.2) is 123 Å². The molecular weight excluding hydrogens is 524 g/mol. The second-order valence-corrected chi connectivity index (χ2v) is 13.8. The molecule has 0 saturated carbocycles. The van der Waals surface area contributed by atoms with Gasteiger partial charge in [-0.1, -0.05) is 18.2 Å². The van der Waals surface area contributed by atoms with E-state index in [2.05, 4.69) is 13.6 Å². The summed E-state index contributed by atoms with van der Waals surface area (Å²) in [6.45, 7) is 5.09. The van der Waals surface area contributed by atoms with Gasteiger partial charge in [-0.2, -0.15) is 0 Å². The number of esters is 1. The van der Waals surface area contributed by atoms with Gasteiger partial charge in [0.1, 0.15) is 16.2 Å². The third kappa shape index (κ3) is 6.39. The molecule has 0 unspecified atom stereocenters. The zero-order valence-corrected chi connectivity index (χ0v) is 22.9. The molecule has 0 spiro atoms. The highest BCUT2D eigenvalue weighted by Crippen LogP contribution is 2.68. The van der Waals surface area contributed by atoms with E-state index in [0.717, 1.165) is 0 Å². The number of rotatable bonds is 9. The third-order valence-corrected chi connectivity index (χ3v) is 10.5. The highest BCUT2D eigenvalue weighted by atomic mass is 32.3. The zero-order chi connectivity index (χ0) is 27.2. The summed E-state index contributed by atoms with van der Waals surface area (Å²) < 4.78 is 42.9. The van der Waals surface area contributed by atoms with E-state index < -0.39 is 32.0 Å². The molecule has 10 heteroatoms. The van der Waals surface area contributed by atoms with Crippen molar-refractivity contribution in [2.75, 3.05) is 6.61 Å². The van der Waals surface area contributed by atoms with Gasteiger partial charge in [0, 0.05) is 24.8 Å². The van der Waals surface area contributed by atoms with Crippen molar-refractivity contribution in [2.24, 2.45) is 0 Å². The summed E-state index contributed by atoms with van der Waals surface area (Å²) in [5.74, 6) is -0.0626. The predicted octanol–water partition coefficient (Wildman–Crippen LogP) is 5.88. The normalized spacial score (nSPS) is 12.5. The number of hydrogen-bond donors (Lipinski definition) is 0. The van der Waals surface area contributed by atoms with Crippen molar-refractivity contribution in [3.05, 3.63) is 104 Å². The fraction of sp³-hybridized carbons (Fsp3) is 0.179. The number of benzene rings is 2. The van der Waals surface area contributed by atoms with Gasteiger partial charge in [-0.3, -0.25) is 13.6 Å². The Kier molecular flexibility index (Phi) is 8.15. The fourth-order valence-electron chi connectivity index (χ4n) is 3.61. The molecule has 0 atom stereocenters. The van der Waals surface area contributed by atoms with Crippen molar-refractivity contribution >= 4 is 26.4 Å². The Balaban J connectivity index is 1.79. The first-order chi connectivity index (χ1) is 18.1. The van der Waals surface area contributed by atoms with Crippen LogP contribution in [0.2, 0.25) is 0 Å². The van der Waals surface area contributed by atoms with E-state index in [9.17, 15) is 13.2 Å². The minimum atomic E-state index is -4.10. The lowest BCUT2D eigenvalue weighted by Crippen LogP contribution is -2.27. The van der Waals surface area contributed by atoms with Crippen LogP contribution in [0.1, 0.15) is 20.8 Å². The van der Waals surface area contributed by atoms with E-state index in [0.29, 0.717) is 20.4 Å². The monoisotopic (exact) mass is 553 g/mol. The Morgan fingerprint density at radius 1 is 0.763 bits per heavy atom. The molecule has 0 aliphatic rings. The second kappa shape index (κ2) is 11.3. The SMILES string of the molecule is CC(C)(C)OC(=O)COc1ccc(S([OH+]S(=O)(=O)c2ccccc2)(c2cccnc2)c2cccnc2)cc1. The lowest BCUT2D eigenvalue weighted by Gasteiger charge is -2.34. The van der Waals surface area contributed by atoms with Crippen LogP contribution >= 0.6 is 10.3 Å². The van der Waals surface area contributed by atoms with Crippen molar-refractivity contribution in [2.45, 2.75) is 46.0 Å². The Hall–Kier alpha value is -3.73. The summed E-state index contributed by atoms with van der Waals surface area (Å²) in [4.78, 5) is 22.6. The van der Waals surface area contributed by atoms with Crippen LogP contribution in [0.5, 0.6) is 5.75 Å². The maximum atomic E-state index is 13.7. The molecule has 0 aliphatic heterocycles. The Morgan fingerprint density at radius 2 is 1.32 bits per heavy atom. The summed E-state index contributed by atoms with van der Waals surface area (Å²) in [6, 6.07) is 22.1. The number of nitrogens with zero attached hydrogens (tertiary/aromatic N) is 2. The molecule has 0 amide bonds. The molecule has 0 aliphatic carbocycles. The summed E-state index contributed by atoms with van der Waals surface area (Å²) in [6.07, 6.45) is 6.49. The maximum Gasteiger partial charge on any atom is 0.422 e. The van der Waals surface area contributed by atoms with Crippen molar-refractivity contribution in [1.29, 1.82) is 0 Å². The molecule has 4 aromatic rings. The Labute approximate surface area is 224 Å². The summed E-state index contributed by atoms with van der Waals surface area (Å²) in [5.41, 5.74) is -0.619. The van der Waals surface area contributed by atoms with Gasteiger partial charge in [0.2, 0.25) is 0 Å². The molecule has 0 fully saturated rings. The van der Waals surface area contributed by atoms with Crippen LogP contribution in [-0.4, -0.2) is 40.2 Å². The molecule has 2 aromatic heterocycles. The number of carbonyl (C=O) groups is 1. The molecule has 38 heavy (non-hydrogen) atoms. The average Bonchev–Trinajstić information content (AvgIpc) is 2.91. The van der Waals surface area contributed by atoms with E-state index in [4.69, 9.17) is 9.47 Å². The number of hydrogen-bond acceptors (Lipinski definition) is 7. The fourth-order valence-corrected chi connectivity index (χ4v) is 8.99. The molecule has 1 N–H and O–H groups in total. The van der Waals surface area contributed by atoms with Gasteiger partial charge in [0.25, 0.3) is 0 Å². The van der Waals surface area contributed by atoms with E-state index in [1.165, 1.54) is 12.1 Å². The lowest BCUT2D eigenvalue weighted by molar-refractivity contribution is -0.157. The first-order valence-corrected chi connectivity index (χ1v) is 14.8. The first-order valence-electron chi connectivity index (χ1n) is 11.7. The van der Waals surface area contributed by atoms with Crippen molar-refractivity contribution < 1.29 is 26.3 Å². The molecule has 8 nitrogen and oxygen atoms in total. The minimum Gasteiger partial charge on any atom is -0.482 e. The molecule has 0 saturated heterocycles. The van der Waals surface area contributed by atoms with Gasteiger partial charge >= 0.3 is 16.1 Å². The zero-order valence-electron chi connectivity index (χ0n) is 21.2. The quantitative estimate of drug-likeness (QED) is 0.145. The predicted molar refractivity (Wildman–Crippen MR) is 145 cm³/mol. The van der Waals surface area contributed by atoms with Crippen LogP contribution in [0.3, 0.4) is 0 Å². The van der Waals surface area contributed by atoms with Gasteiger partial charge in [-0.15, -0.1) is 8.42 Å². The van der Waals surface area contributed by atoms with Crippen molar-refractivity contribution in [1.82, 2.24) is 9.97 Å².